The van der Waals surface area contributed by atoms with Gasteiger partial charge in [0.1, 0.15) is 0 Å². The van der Waals surface area contributed by atoms with E-state index in [9.17, 15) is 0 Å². The first-order chi connectivity index (χ1) is 6.82. The van der Waals surface area contributed by atoms with Crippen LogP contribution in [-0.4, -0.2) is 13.1 Å². The molecule has 0 fully saturated rings. The van der Waals surface area contributed by atoms with Crippen molar-refractivity contribution in [2.45, 2.75) is 25.2 Å². The molecule has 1 unspecified atom stereocenters. The second-order valence-corrected chi connectivity index (χ2v) is 4.07. The van der Waals surface area contributed by atoms with Gasteiger partial charge in [-0.15, -0.1) is 0 Å². The molecule has 1 aromatic rings. The number of para-hydroxylation sites is 1. The fourth-order valence-electron chi connectivity index (χ4n) is 2.45. The summed E-state index contributed by atoms with van der Waals surface area (Å²) < 4.78 is 0. The first-order valence-corrected chi connectivity index (χ1v) is 5.36. The molecule has 2 nitrogen and oxygen atoms in total. The highest BCUT2D eigenvalue weighted by molar-refractivity contribution is 5.60. The van der Waals surface area contributed by atoms with E-state index in [1.807, 2.05) is 0 Å². The molecule has 2 heteroatoms. The highest BCUT2D eigenvalue weighted by atomic mass is 14.9. The molecular formula is C12H18N2. The third kappa shape index (κ3) is 1.30. The SMILES string of the molecule is CCC1(CCN)CNc2ccccc21. The topological polar surface area (TPSA) is 38.0 Å². The summed E-state index contributed by atoms with van der Waals surface area (Å²) in [6.07, 6.45) is 2.24. The highest BCUT2D eigenvalue weighted by Crippen LogP contribution is 2.41. The second kappa shape index (κ2) is 3.62. The zero-order valence-corrected chi connectivity index (χ0v) is 8.72. The van der Waals surface area contributed by atoms with Crippen LogP contribution in [-0.2, 0) is 5.41 Å². The molecule has 0 aromatic heterocycles. The monoisotopic (exact) mass is 190 g/mol. The van der Waals surface area contributed by atoms with E-state index < -0.39 is 0 Å². The first-order valence-electron chi connectivity index (χ1n) is 5.36. The van der Waals surface area contributed by atoms with E-state index in [0.717, 1.165) is 25.9 Å². The van der Waals surface area contributed by atoms with Gasteiger partial charge >= 0.3 is 0 Å². The van der Waals surface area contributed by atoms with Crippen LogP contribution in [0.4, 0.5) is 5.69 Å². The average molecular weight is 190 g/mol. The molecule has 0 bridgehead atoms. The first kappa shape index (κ1) is 9.53. The highest BCUT2D eigenvalue weighted by Gasteiger charge is 2.35. The largest absolute Gasteiger partial charge is 0.384 e. The normalized spacial score (nSPS) is 24.4. The lowest BCUT2D eigenvalue weighted by molar-refractivity contribution is 0.424. The number of fused-ring (bicyclic) bond motifs is 1. The van der Waals surface area contributed by atoms with Crippen LogP contribution in [0.5, 0.6) is 0 Å². The smallest absolute Gasteiger partial charge is 0.0379 e. The minimum Gasteiger partial charge on any atom is -0.384 e. The third-order valence-electron chi connectivity index (χ3n) is 3.42. The summed E-state index contributed by atoms with van der Waals surface area (Å²) in [4.78, 5) is 0. The van der Waals surface area contributed by atoms with E-state index in [1.54, 1.807) is 0 Å². The zero-order chi connectivity index (χ0) is 10.0. The van der Waals surface area contributed by atoms with Gasteiger partial charge in [0.2, 0.25) is 0 Å². The van der Waals surface area contributed by atoms with Crippen LogP contribution in [0.2, 0.25) is 0 Å². The Balaban J connectivity index is 2.39. The van der Waals surface area contributed by atoms with Crippen LogP contribution in [0.25, 0.3) is 0 Å². The maximum absolute atomic E-state index is 5.70. The lowest BCUT2D eigenvalue weighted by Gasteiger charge is -2.27. The minimum atomic E-state index is 0.283. The molecule has 0 aliphatic carbocycles. The van der Waals surface area contributed by atoms with Gasteiger partial charge in [0, 0.05) is 17.6 Å². The second-order valence-electron chi connectivity index (χ2n) is 4.07. The summed E-state index contributed by atoms with van der Waals surface area (Å²) in [5.74, 6) is 0. The Morgan fingerprint density at radius 1 is 1.43 bits per heavy atom. The van der Waals surface area contributed by atoms with Crippen LogP contribution in [0, 0.1) is 0 Å². The van der Waals surface area contributed by atoms with E-state index in [1.165, 1.54) is 11.3 Å². The van der Waals surface area contributed by atoms with Crippen molar-refractivity contribution in [2.75, 3.05) is 18.4 Å². The summed E-state index contributed by atoms with van der Waals surface area (Å²) in [5, 5.41) is 3.47. The van der Waals surface area contributed by atoms with Crippen molar-refractivity contribution in [3.8, 4) is 0 Å². The molecule has 76 valence electrons. The number of nitrogens with one attached hydrogen (secondary N) is 1. The van der Waals surface area contributed by atoms with Gasteiger partial charge in [0.15, 0.2) is 0 Å². The molecule has 0 saturated carbocycles. The molecule has 2 rings (SSSR count). The van der Waals surface area contributed by atoms with Crippen molar-refractivity contribution in [3.05, 3.63) is 29.8 Å². The van der Waals surface area contributed by atoms with Crippen LogP contribution < -0.4 is 11.1 Å². The summed E-state index contributed by atoms with van der Waals surface area (Å²) in [7, 11) is 0. The Bertz CT molecular complexity index is 318. The number of nitrogens with two attached hydrogens (primary N) is 1. The van der Waals surface area contributed by atoms with Crippen molar-refractivity contribution in [3.63, 3.8) is 0 Å². The van der Waals surface area contributed by atoms with Crippen molar-refractivity contribution in [1.29, 1.82) is 0 Å². The third-order valence-corrected chi connectivity index (χ3v) is 3.42. The van der Waals surface area contributed by atoms with Gasteiger partial charge in [0.05, 0.1) is 0 Å². The van der Waals surface area contributed by atoms with Gasteiger partial charge in [-0.3, -0.25) is 0 Å². The molecule has 0 saturated heterocycles. The van der Waals surface area contributed by atoms with Gasteiger partial charge in [-0.05, 0) is 31.0 Å². The summed E-state index contributed by atoms with van der Waals surface area (Å²) in [6, 6.07) is 8.59. The molecule has 1 aliphatic rings. The molecule has 1 aromatic carbocycles. The van der Waals surface area contributed by atoms with Crippen molar-refractivity contribution >= 4 is 5.69 Å². The fourth-order valence-corrected chi connectivity index (χ4v) is 2.45. The molecular weight excluding hydrogens is 172 g/mol. The Hall–Kier alpha value is -1.02. The maximum atomic E-state index is 5.70. The predicted molar refractivity (Wildman–Crippen MR) is 60.6 cm³/mol. The number of benzene rings is 1. The Morgan fingerprint density at radius 3 is 2.93 bits per heavy atom. The average Bonchev–Trinajstić information content (AvgIpc) is 2.59. The molecule has 1 atom stereocenters. The summed E-state index contributed by atoms with van der Waals surface area (Å²) in [5.41, 5.74) is 8.73. The van der Waals surface area contributed by atoms with Crippen LogP contribution in [0.15, 0.2) is 24.3 Å². The molecule has 14 heavy (non-hydrogen) atoms. The molecule has 1 aliphatic heterocycles. The Labute approximate surface area is 85.5 Å². The molecule has 3 N–H and O–H groups in total. The van der Waals surface area contributed by atoms with Gasteiger partial charge in [-0.1, -0.05) is 25.1 Å². The van der Waals surface area contributed by atoms with E-state index in [0.29, 0.717) is 0 Å². The number of hydrogen-bond donors (Lipinski definition) is 2. The number of hydrogen-bond acceptors (Lipinski definition) is 2. The van der Waals surface area contributed by atoms with E-state index in [4.69, 9.17) is 5.73 Å². The lowest BCUT2D eigenvalue weighted by Crippen LogP contribution is -2.30. The van der Waals surface area contributed by atoms with E-state index in [2.05, 4.69) is 36.5 Å². The van der Waals surface area contributed by atoms with Gasteiger partial charge < -0.3 is 11.1 Å². The zero-order valence-electron chi connectivity index (χ0n) is 8.72. The summed E-state index contributed by atoms with van der Waals surface area (Å²) >= 11 is 0. The number of rotatable bonds is 3. The van der Waals surface area contributed by atoms with Crippen molar-refractivity contribution in [1.82, 2.24) is 0 Å². The summed E-state index contributed by atoms with van der Waals surface area (Å²) in [6.45, 7) is 4.06. The quantitative estimate of drug-likeness (QED) is 0.766. The Morgan fingerprint density at radius 2 is 2.21 bits per heavy atom. The number of anilines is 1. The van der Waals surface area contributed by atoms with Crippen LogP contribution in [0.3, 0.4) is 0 Å². The van der Waals surface area contributed by atoms with Crippen molar-refractivity contribution < 1.29 is 0 Å². The minimum absolute atomic E-state index is 0.283. The fraction of sp³-hybridized carbons (Fsp3) is 0.500. The maximum Gasteiger partial charge on any atom is 0.0379 e. The molecule has 0 amide bonds. The predicted octanol–water partition coefficient (Wildman–Crippen LogP) is 2.11. The van der Waals surface area contributed by atoms with Gasteiger partial charge in [-0.2, -0.15) is 0 Å². The van der Waals surface area contributed by atoms with Crippen molar-refractivity contribution in [2.24, 2.45) is 5.73 Å². The Kier molecular flexibility index (Phi) is 2.46. The lowest BCUT2D eigenvalue weighted by atomic mass is 9.77. The van der Waals surface area contributed by atoms with Gasteiger partial charge in [-0.25, -0.2) is 0 Å². The standard InChI is InChI=1S/C12H18N2/c1-2-12(7-8-13)9-14-11-6-4-3-5-10(11)12/h3-6,14H,2,7-9,13H2,1H3. The molecule has 1 heterocycles. The van der Waals surface area contributed by atoms with E-state index >= 15 is 0 Å². The van der Waals surface area contributed by atoms with Crippen LogP contribution in [0.1, 0.15) is 25.3 Å². The van der Waals surface area contributed by atoms with E-state index in [-0.39, 0.29) is 5.41 Å². The molecule has 0 radical (unpaired) electrons. The molecule has 0 spiro atoms. The van der Waals surface area contributed by atoms with Gasteiger partial charge in [0.25, 0.3) is 0 Å². The van der Waals surface area contributed by atoms with Crippen LogP contribution >= 0.6 is 0 Å².